The maximum Gasteiger partial charge on any atom is 0.231 e. The molecule has 1 amide bonds. The Morgan fingerprint density at radius 2 is 2.24 bits per heavy atom. The van der Waals surface area contributed by atoms with Gasteiger partial charge in [-0.05, 0) is 37.8 Å². The second-order valence-electron chi connectivity index (χ2n) is 6.03. The molecule has 0 atom stereocenters. The third kappa shape index (κ3) is 3.15. The van der Waals surface area contributed by atoms with Gasteiger partial charge in [0.15, 0.2) is 0 Å². The minimum Gasteiger partial charge on any atom is -0.384 e. The number of nitrogens with zero attached hydrogens (tertiary/aromatic N) is 3. The zero-order valence-electron chi connectivity index (χ0n) is 12.4. The fourth-order valence-electron chi connectivity index (χ4n) is 3.00. The molecular formula is C15H22N4O2. The molecular weight excluding hydrogens is 268 g/mol. The van der Waals surface area contributed by atoms with E-state index in [1.54, 1.807) is 13.3 Å². The largest absolute Gasteiger partial charge is 0.384 e. The summed E-state index contributed by atoms with van der Waals surface area (Å²) in [7, 11) is 1.67. The van der Waals surface area contributed by atoms with Crippen molar-refractivity contribution in [3.05, 3.63) is 18.3 Å². The van der Waals surface area contributed by atoms with Crippen molar-refractivity contribution in [1.82, 2.24) is 15.1 Å². The van der Waals surface area contributed by atoms with Crippen molar-refractivity contribution in [2.24, 2.45) is 5.41 Å². The Labute approximate surface area is 124 Å². The molecule has 0 spiro atoms. The average Bonchev–Trinajstić information content (AvgIpc) is 3.30. The van der Waals surface area contributed by atoms with Crippen molar-refractivity contribution in [3.8, 4) is 0 Å². The molecule has 1 saturated carbocycles. The first-order valence-corrected chi connectivity index (χ1v) is 7.56. The van der Waals surface area contributed by atoms with Crippen LogP contribution in [-0.2, 0) is 9.53 Å². The van der Waals surface area contributed by atoms with Crippen LogP contribution >= 0.6 is 0 Å². The number of anilines is 1. The molecule has 0 aromatic carbocycles. The zero-order chi connectivity index (χ0) is 14.7. The molecule has 1 aromatic rings. The molecule has 1 saturated heterocycles. The van der Waals surface area contributed by atoms with E-state index in [-0.39, 0.29) is 11.3 Å². The lowest BCUT2D eigenvalue weighted by atomic mass is 10.0. The van der Waals surface area contributed by atoms with E-state index < -0.39 is 0 Å². The molecule has 2 heterocycles. The first-order valence-electron chi connectivity index (χ1n) is 7.56. The lowest BCUT2D eigenvalue weighted by Gasteiger charge is -2.34. The van der Waals surface area contributed by atoms with Crippen LogP contribution in [0.5, 0.6) is 0 Å². The quantitative estimate of drug-likeness (QED) is 0.885. The van der Waals surface area contributed by atoms with Gasteiger partial charge in [0.2, 0.25) is 5.91 Å². The number of carbonyl (C=O) groups is 1. The van der Waals surface area contributed by atoms with Gasteiger partial charge in [-0.15, -0.1) is 5.10 Å². The van der Waals surface area contributed by atoms with Crippen molar-refractivity contribution in [3.63, 3.8) is 0 Å². The van der Waals surface area contributed by atoms with Crippen LogP contribution in [0.15, 0.2) is 18.3 Å². The van der Waals surface area contributed by atoms with E-state index in [4.69, 9.17) is 4.74 Å². The fraction of sp³-hybridized carbons (Fsp3) is 0.667. The van der Waals surface area contributed by atoms with Gasteiger partial charge in [-0.1, -0.05) is 0 Å². The summed E-state index contributed by atoms with van der Waals surface area (Å²) < 4.78 is 5.21. The Balaban J connectivity index is 1.50. The number of nitrogens with one attached hydrogen (secondary N) is 1. The van der Waals surface area contributed by atoms with Gasteiger partial charge in [-0.25, -0.2) is 0 Å². The van der Waals surface area contributed by atoms with Crippen LogP contribution < -0.4 is 5.32 Å². The van der Waals surface area contributed by atoms with E-state index in [0.717, 1.165) is 44.6 Å². The molecule has 1 aliphatic carbocycles. The Hall–Kier alpha value is -1.69. The first kappa shape index (κ1) is 14.3. The van der Waals surface area contributed by atoms with E-state index in [1.165, 1.54) is 0 Å². The third-order valence-corrected chi connectivity index (χ3v) is 4.43. The molecule has 1 aliphatic heterocycles. The van der Waals surface area contributed by atoms with Gasteiger partial charge in [0.1, 0.15) is 5.82 Å². The molecule has 1 aromatic heterocycles. The van der Waals surface area contributed by atoms with E-state index in [9.17, 15) is 4.79 Å². The van der Waals surface area contributed by atoms with E-state index in [0.29, 0.717) is 12.6 Å². The van der Waals surface area contributed by atoms with Gasteiger partial charge in [0.05, 0.1) is 12.0 Å². The van der Waals surface area contributed by atoms with Gasteiger partial charge < -0.3 is 15.0 Å². The minimum absolute atomic E-state index is 0.208. The number of hydrogen-bond acceptors (Lipinski definition) is 5. The third-order valence-electron chi connectivity index (χ3n) is 4.43. The van der Waals surface area contributed by atoms with E-state index in [2.05, 4.69) is 15.5 Å². The van der Waals surface area contributed by atoms with Gasteiger partial charge in [-0.2, -0.15) is 5.10 Å². The van der Waals surface area contributed by atoms with E-state index >= 15 is 0 Å². The molecule has 114 valence electrons. The summed E-state index contributed by atoms with van der Waals surface area (Å²) in [5.74, 6) is 1.09. The lowest BCUT2D eigenvalue weighted by molar-refractivity contribution is -0.140. The standard InChI is InChI=1S/C15H22N4O2/c1-21-11-15(6-7-15)14(20)19-9-4-12(5-10-19)17-13-3-2-8-16-18-13/h2-3,8,12H,4-7,9-11H2,1H3,(H,17,18). The number of ether oxygens (including phenoxy) is 1. The topological polar surface area (TPSA) is 67.3 Å². The molecule has 3 rings (SSSR count). The SMILES string of the molecule is COCC1(C(=O)N2CCC(Nc3cccnn3)CC2)CC1. The molecule has 6 heteroatoms. The van der Waals surface area contributed by atoms with Gasteiger partial charge in [-0.3, -0.25) is 4.79 Å². The predicted molar refractivity (Wildman–Crippen MR) is 78.8 cm³/mol. The molecule has 6 nitrogen and oxygen atoms in total. The van der Waals surface area contributed by atoms with Crippen LogP contribution in [0.25, 0.3) is 0 Å². The predicted octanol–water partition coefficient (Wildman–Crippen LogP) is 1.31. The lowest BCUT2D eigenvalue weighted by Crippen LogP contribution is -2.46. The molecule has 21 heavy (non-hydrogen) atoms. The Bertz CT molecular complexity index is 482. The number of rotatable bonds is 5. The molecule has 0 radical (unpaired) electrons. The molecule has 2 aliphatic rings. The summed E-state index contributed by atoms with van der Waals surface area (Å²) in [5, 5.41) is 11.3. The van der Waals surface area contributed by atoms with Crippen molar-refractivity contribution >= 4 is 11.7 Å². The average molecular weight is 290 g/mol. The van der Waals surface area contributed by atoms with Crippen molar-refractivity contribution in [2.45, 2.75) is 31.7 Å². The summed E-state index contributed by atoms with van der Waals surface area (Å²) in [4.78, 5) is 14.5. The first-order chi connectivity index (χ1) is 10.2. The molecule has 2 fully saturated rings. The Kier molecular flexibility index (Phi) is 4.05. The number of likely N-dealkylation sites (tertiary alicyclic amines) is 1. The Morgan fingerprint density at radius 3 is 2.81 bits per heavy atom. The molecule has 1 N–H and O–H groups in total. The maximum absolute atomic E-state index is 12.5. The highest BCUT2D eigenvalue weighted by Gasteiger charge is 2.52. The highest BCUT2D eigenvalue weighted by molar-refractivity contribution is 5.85. The highest BCUT2D eigenvalue weighted by Crippen LogP contribution is 2.47. The monoisotopic (exact) mass is 290 g/mol. The van der Waals surface area contributed by atoms with Gasteiger partial charge in [0.25, 0.3) is 0 Å². The summed E-state index contributed by atoms with van der Waals surface area (Å²) >= 11 is 0. The number of aromatic nitrogens is 2. The minimum atomic E-state index is -0.208. The van der Waals surface area contributed by atoms with Crippen LogP contribution in [0, 0.1) is 5.41 Å². The van der Waals surface area contributed by atoms with Crippen molar-refractivity contribution < 1.29 is 9.53 Å². The zero-order valence-corrected chi connectivity index (χ0v) is 12.4. The van der Waals surface area contributed by atoms with Crippen LogP contribution in [0.4, 0.5) is 5.82 Å². The number of piperidine rings is 1. The second kappa shape index (κ2) is 5.97. The number of carbonyl (C=O) groups excluding carboxylic acids is 1. The van der Waals surface area contributed by atoms with Crippen LogP contribution in [0.3, 0.4) is 0 Å². The highest BCUT2D eigenvalue weighted by atomic mass is 16.5. The number of hydrogen-bond donors (Lipinski definition) is 1. The summed E-state index contributed by atoms with van der Waals surface area (Å²) in [6.07, 6.45) is 5.50. The van der Waals surface area contributed by atoms with Crippen LogP contribution in [0.2, 0.25) is 0 Å². The smallest absolute Gasteiger partial charge is 0.231 e. The van der Waals surface area contributed by atoms with Crippen molar-refractivity contribution in [2.75, 3.05) is 32.1 Å². The van der Waals surface area contributed by atoms with Crippen LogP contribution in [0.1, 0.15) is 25.7 Å². The molecule has 0 unspecified atom stereocenters. The normalized spacial score (nSPS) is 21.1. The summed E-state index contributed by atoms with van der Waals surface area (Å²) in [5.41, 5.74) is -0.208. The van der Waals surface area contributed by atoms with E-state index in [1.807, 2.05) is 17.0 Å². The second-order valence-corrected chi connectivity index (χ2v) is 6.03. The van der Waals surface area contributed by atoms with Crippen molar-refractivity contribution in [1.29, 1.82) is 0 Å². The Morgan fingerprint density at radius 1 is 1.48 bits per heavy atom. The summed E-state index contributed by atoms with van der Waals surface area (Å²) in [6, 6.07) is 4.15. The number of methoxy groups -OCH3 is 1. The fourth-order valence-corrected chi connectivity index (χ4v) is 3.00. The maximum atomic E-state index is 12.5. The van der Waals surface area contributed by atoms with Gasteiger partial charge in [0, 0.05) is 32.4 Å². The van der Waals surface area contributed by atoms with Gasteiger partial charge >= 0.3 is 0 Å². The van der Waals surface area contributed by atoms with Crippen LogP contribution in [-0.4, -0.2) is 53.9 Å². The summed E-state index contributed by atoms with van der Waals surface area (Å²) in [6.45, 7) is 2.17. The molecule has 0 bridgehead atoms. The number of amides is 1.